The van der Waals surface area contributed by atoms with Crippen LogP contribution in [0.5, 0.6) is 0 Å². The highest BCUT2D eigenvalue weighted by Gasteiger charge is 2.36. The largest absolute Gasteiger partial charge is 0.364 e. The number of hydrogen-bond acceptors (Lipinski definition) is 4. The van der Waals surface area contributed by atoms with Gasteiger partial charge in [-0.1, -0.05) is 23.7 Å². The minimum atomic E-state index is -0.385. The Morgan fingerprint density at radius 1 is 1.31 bits per heavy atom. The van der Waals surface area contributed by atoms with Gasteiger partial charge in [-0.3, -0.25) is 9.59 Å². The van der Waals surface area contributed by atoms with Crippen molar-refractivity contribution in [1.82, 2.24) is 9.80 Å². The van der Waals surface area contributed by atoms with Gasteiger partial charge in [-0.15, -0.1) is 0 Å². The second kappa shape index (κ2) is 8.37. The second-order valence-corrected chi connectivity index (χ2v) is 7.52. The number of benzene rings is 1. The molecular formula is C19H26ClN3O3. The van der Waals surface area contributed by atoms with E-state index < -0.39 is 0 Å². The van der Waals surface area contributed by atoms with Crippen LogP contribution in [0.2, 0.25) is 5.02 Å². The second-order valence-electron chi connectivity index (χ2n) is 7.09. The molecule has 2 amide bonds. The predicted octanol–water partition coefficient (Wildman–Crippen LogP) is 1.45. The maximum absolute atomic E-state index is 12.7. The molecule has 7 heteroatoms. The first kappa shape index (κ1) is 19.1. The number of nitrogens with zero attached hydrogens (tertiary/aromatic N) is 2. The van der Waals surface area contributed by atoms with Crippen LogP contribution >= 0.6 is 11.6 Å². The molecule has 1 aromatic carbocycles. The fraction of sp³-hybridized carbons (Fsp3) is 0.579. The molecule has 3 rings (SSSR count). The van der Waals surface area contributed by atoms with Gasteiger partial charge in [0.1, 0.15) is 6.10 Å². The number of amides is 2. The van der Waals surface area contributed by atoms with E-state index in [2.05, 4.69) is 0 Å². The number of nitrogens with two attached hydrogens (primary N) is 1. The van der Waals surface area contributed by atoms with Crippen LogP contribution in [0.4, 0.5) is 0 Å². The molecule has 3 atom stereocenters. The Morgan fingerprint density at radius 3 is 2.77 bits per heavy atom. The molecule has 2 saturated heterocycles. The lowest BCUT2D eigenvalue weighted by molar-refractivity contribution is -0.149. The molecule has 0 spiro atoms. The van der Waals surface area contributed by atoms with Crippen molar-refractivity contribution in [2.75, 3.05) is 26.2 Å². The van der Waals surface area contributed by atoms with Crippen LogP contribution in [0, 0.1) is 0 Å². The molecule has 0 radical (unpaired) electrons. The Morgan fingerprint density at radius 2 is 2.12 bits per heavy atom. The molecule has 2 N–H and O–H groups in total. The summed E-state index contributed by atoms with van der Waals surface area (Å²) in [4.78, 5) is 29.0. The lowest BCUT2D eigenvalue weighted by atomic mass is 10.1. The minimum absolute atomic E-state index is 0.0121. The van der Waals surface area contributed by atoms with Crippen molar-refractivity contribution in [2.45, 2.75) is 44.4 Å². The van der Waals surface area contributed by atoms with Crippen LogP contribution < -0.4 is 5.73 Å². The summed E-state index contributed by atoms with van der Waals surface area (Å²) in [6.07, 6.45) is 1.48. The van der Waals surface area contributed by atoms with Crippen molar-refractivity contribution in [3.05, 3.63) is 34.9 Å². The molecule has 1 unspecified atom stereocenters. The molecule has 0 aromatic heterocycles. The zero-order valence-corrected chi connectivity index (χ0v) is 15.8. The van der Waals surface area contributed by atoms with Gasteiger partial charge < -0.3 is 20.3 Å². The summed E-state index contributed by atoms with van der Waals surface area (Å²) in [5, 5.41) is 0.631. The number of piperazine rings is 1. The SMILES string of the molecule is CC1CN(C(=O)[C@@H]2CC[C@H](CN)O2)CCN1C(=O)Cc1cccc(Cl)c1. The third-order valence-electron chi connectivity index (χ3n) is 5.15. The molecule has 2 heterocycles. The van der Waals surface area contributed by atoms with E-state index in [-0.39, 0.29) is 30.1 Å². The predicted molar refractivity (Wildman–Crippen MR) is 99.9 cm³/mol. The van der Waals surface area contributed by atoms with E-state index in [1.807, 2.05) is 34.9 Å². The van der Waals surface area contributed by atoms with Crippen molar-refractivity contribution in [2.24, 2.45) is 5.73 Å². The smallest absolute Gasteiger partial charge is 0.251 e. The van der Waals surface area contributed by atoms with Crippen molar-refractivity contribution >= 4 is 23.4 Å². The molecule has 0 saturated carbocycles. The number of carbonyl (C=O) groups is 2. The van der Waals surface area contributed by atoms with E-state index >= 15 is 0 Å². The molecule has 0 aliphatic carbocycles. The first-order valence-corrected chi connectivity index (χ1v) is 9.54. The molecule has 142 valence electrons. The Hall–Kier alpha value is -1.63. The zero-order valence-electron chi connectivity index (χ0n) is 15.1. The van der Waals surface area contributed by atoms with Gasteiger partial charge in [0, 0.05) is 37.2 Å². The normalized spacial score (nSPS) is 26.2. The summed E-state index contributed by atoms with van der Waals surface area (Å²) in [7, 11) is 0. The lowest BCUT2D eigenvalue weighted by Crippen LogP contribution is -2.57. The van der Waals surface area contributed by atoms with E-state index in [1.54, 1.807) is 6.07 Å². The monoisotopic (exact) mass is 379 g/mol. The van der Waals surface area contributed by atoms with Crippen LogP contribution in [-0.2, 0) is 20.7 Å². The lowest BCUT2D eigenvalue weighted by Gasteiger charge is -2.40. The summed E-state index contributed by atoms with van der Waals surface area (Å²) in [5.74, 6) is 0.0851. The summed E-state index contributed by atoms with van der Waals surface area (Å²) in [6, 6.07) is 7.34. The minimum Gasteiger partial charge on any atom is -0.364 e. The van der Waals surface area contributed by atoms with Crippen LogP contribution in [-0.4, -0.2) is 66.0 Å². The Kier molecular flexibility index (Phi) is 6.16. The molecule has 0 bridgehead atoms. The van der Waals surface area contributed by atoms with Crippen molar-refractivity contribution in [3.63, 3.8) is 0 Å². The highest BCUT2D eigenvalue weighted by molar-refractivity contribution is 6.30. The third-order valence-corrected chi connectivity index (χ3v) is 5.38. The topological polar surface area (TPSA) is 75.9 Å². The molecule has 26 heavy (non-hydrogen) atoms. The van der Waals surface area contributed by atoms with Crippen molar-refractivity contribution in [3.8, 4) is 0 Å². The number of carbonyl (C=O) groups excluding carboxylic acids is 2. The third kappa shape index (κ3) is 4.37. The summed E-state index contributed by atoms with van der Waals surface area (Å²) >= 11 is 5.99. The van der Waals surface area contributed by atoms with E-state index in [1.165, 1.54) is 0 Å². The zero-order chi connectivity index (χ0) is 18.7. The molecule has 2 aliphatic heterocycles. The van der Waals surface area contributed by atoms with Crippen molar-refractivity contribution in [1.29, 1.82) is 0 Å². The molecule has 2 aliphatic rings. The highest BCUT2D eigenvalue weighted by Crippen LogP contribution is 2.22. The fourth-order valence-corrected chi connectivity index (χ4v) is 3.93. The summed E-state index contributed by atoms with van der Waals surface area (Å²) < 4.78 is 5.72. The number of ether oxygens (including phenoxy) is 1. The maximum Gasteiger partial charge on any atom is 0.251 e. The number of hydrogen-bond donors (Lipinski definition) is 1. The summed E-state index contributed by atoms with van der Waals surface area (Å²) in [5.41, 5.74) is 6.52. The number of halogens is 1. The van der Waals surface area contributed by atoms with Gasteiger partial charge in [0.05, 0.1) is 12.5 Å². The van der Waals surface area contributed by atoms with Gasteiger partial charge in [0.2, 0.25) is 5.91 Å². The van der Waals surface area contributed by atoms with Crippen LogP contribution in [0.3, 0.4) is 0 Å². The maximum atomic E-state index is 12.7. The van der Waals surface area contributed by atoms with E-state index in [9.17, 15) is 9.59 Å². The van der Waals surface area contributed by atoms with Crippen LogP contribution in [0.25, 0.3) is 0 Å². The van der Waals surface area contributed by atoms with E-state index in [0.717, 1.165) is 18.4 Å². The molecule has 2 fully saturated rings. The Balaban J connectivity index is 1.54. The standard InChI is InChI=1S/C19H26ClN3O3/c1-13-12-22(19(25)17-6-5-16(11-21)26-17)7-8-23(13)18(24)10-14-3-2-4-15(20)9-14/h2-4,9,13,16-17H,5-8,10-12,21H2,1H3/t13?,16-,17+/m1/s1. The first-order valence-electron chi connectivity index (χ1n) is 9.16. The Bertz CT molecular complexity index is 669. The average molecular weight is 380 g/mol. The average Bonchev–Trinajstić information content (AvgIpc) is 3.10. The molecule has 6 nitrogen and oxygen atoms in total. The van der Waals surface area contributed by atoms with E-state index in [0.29, 0.717) is 37.6 Å². The van der Waals surface area contributed by atoms with Gasteiger partial charge in [0.15, 0.2) is 0 Å². The van der Waals surface area contributed by atoms with Crippen LogP contribution in [0.1, 0.15) is 25.3 Å². The van der Waals surface area contributed by atoms with Crippen molar-refractivity contribution < 1.29 is 14.3 Å². The highest BCUT2D eigenvalue weighted by atomic mass is 35.5. The van der Waals surface area contributed by atoms with Gasteiger partial charge in [-0.2, -0.15) is 0 Å². The fourth-order valence-electron chi connectivity index (χ4n) is 3.72. The van der Waals surface area contributed by atoms with Gasteiger partial charge in [0.25, 0.3) is 5.91 Å². The van der Waals surface area contributed by atoms with Gasteiger partial charge >= 0.3 is 0 Å². The van der Waals surface area contributed by atoms with Gasteiger partial charge in [-0.05, 0) is 37.5 Å². The molecular weight excluding hydrogens is 354 g/mol. The van der Waals surface area contributed by atoms with Crippen LogP contribution in [0.15, 0.2) is 24.3 Å². The number of rotatable bonds is 4. The first-order chi connectivity index (χ1) is 12.5. The quantitative estimate of drug-likeness (QED) is 0.859. The van der Waals surface area contributed by atoms with Gasteiger partial charge in [-0.25, -0.2) is 0 Å². The Labute approximate surface area is 159 Å². The molecule has 1 aromatic rings. The van der Waals surface area contributed by atoms with E-state index in [4.69, 9.17) is 22.1 Å². The summed E-state index contributed by atoms with van der Waals surface area (Å²) in [6.45, 7) is 4.05.